The van der Waals surface area contributed by atoms with Crippen molar-refractivity contribution in [3.05, 3.63) is 224 Å². The molecule has 0 aliphatic carbocycles. The fourth-order valence-electron chi connectivity index (χ4n) is 6.95. The van der Waals surface area contributed by atoms with Crippen LogP contribution < -0.4 is 20.7 Å². The molecule has 0 aliphatic heterocycles. The second-order valence-corrected chi connectivity index (χ2v) is 19.8. The van der Waals surface area contributed by atoms with Crippen molar-refractivity contribution < 1.29 is 41.8 Å². The lowest BCUT2D eigenvalue weighted by molar-refractivity contribution is -0.274. The van der Waals surface area contributed by atoms with Gasteiger partial charge in [-0.15, -0.1) is 18.3 Å². The van der Waals surface area contributed by atoms with E-state index in [1.807, 2.05) is 55.2 Å². The van der Waals surface area contributed by atoms with E-state index in [2.05, 4.69) is 134 Å². The molecule has 1 aromatic heterocycles. The van der Waals surface area contributed by atoms with Gasteiger partial charge in [0.1, 0.15) is 5.75 Å². The van der Waals surface area contributed by atoms with Gasteiger partial charge in [0.05, 0.1) is 48.6 Å². The third-order valence-corrected chi connectivity index (χ3v) is 15.1. The van der Waals surface area contributed by atoms with E-state index < -0.39 is 25.2 Å². The molecule has 0 bridgehead atoms. The number of benzene rings is 7. The molecule has 0 saturated heterocycles. The van der Waals surface area contributed by atoms with Crippen LogP contribution in [0.5, 0.6) is 5.75 Å². The molecule has 18 heteroatoms. The zero-order valence-corrected chi connectivity index (χ0v) is 41.4. The Labute approximate surface area is 417 Å². The highest BCUT2D eigenvalue weighted by molar-refractivity contribution is 9.10. The highest BCUT2D eigenvalue weighted by atomic mass is 79.9. The van der Waals surface area contributed by atoms with E-state index in [-0.39, 0.29) is 28.3 Å². The van der Waals surface area contributed by atoms with E-state index in [4.69, 9.17) is 10.3 Å². The molecular weight excluding hydrogens is 1050 g/mol. The summed E-state index contributed by atoms with van der Waals surface area (Å²) in [6, 6.07) is 54.0. The molecule has 0 fully saturated rings. The van der Waals surface area contributed by atoms with Crippen LogP contribution in [0.2, 0.25) is 0 Å². The van der Waals surface area contributed by atoms with Crippen LogP contribution in [-0.2, 0) is 9.47 Å². The van der Waals surface area contributed by atoms with Crippen molar-refractivity contribution in [2.24, 2.45) is 5.11 Å². The number of nitrogens with zero attached hydrogens (tertiary/aromatic N) is 6. The fourth-order valence-corrected chi connectivity index (χ4v) is 11.4. The first-order chi connectivity index (χ1) is 33.7. The standard InChI is InChI=1S/C27H23OP.C17H11BrF3N3O3.C8H6BrN3O2/c1-22-17-19-23(20-18-22)27(28)21-29(24-11-5-2-6-12-24,25-13-7-3-8-14-25)26-15-9-4-10-16-26;1-26-16(25)13-7-4-11(18)8-14(13)24-15(9-22-23-24)10-2-5-12(6-3-10)27-17(19,20)21;1-14-8(13)6-3-2-5(9)4-7(6)11-12-10/h2-21H,1H3;2-9H,1H3;2-4H,1H3. The first-order valence-corrected chi connectivity index (χ1v) is 24.2. The summed E-state index contributed by atoms with van der Waals surface area (Å²) >= 11 is 6.54. The minimum atomic E-state index is -4.77. The van der Waals surface area contributed by atoms with Gasteiger partial charge in [-0.2, -0.15) is 0 Å². The number of ketones is 1. The number of hydrogen-bond donors (Lipinski definition) is 0. The van der Waals surface area contributed by atoms with Crippen LogP contribution in [0.3, 0.4) is 0 Å². The van der Waals surface area contributed by atoms with Crippen LogP contribution >= 0.6 is 38.7 Å². The van der Waals surface area contributed by atoms with E-state index in [0.717, 1.165) is 15.6 Å². The average Bonchev–Trinajstić information content (AvgIpc) is 3.87. The number of rotatable bonds is 11. The predicted octanol–water partition coefficient (Wildman–Crippen LogP) is 12.5. The molecule has 1 heterocycles. The fraction of sp³-hybridized carbons (Fsp3) is 0.0769. The first kappa shape index (κ1) is 51.8. The SMILES string of the molecule is COC(=O)c1ccc(Br)cc1-n1nncc1-c1ccc(OC(F)(F)F)cc1.COC(=O)c1ccc(Br)cc1N=[N+]=[N-].Cc1ccc(C(=O)C=P(c2ccccc2)(c2ccccc2)c2ccccc2)cc1. The Morgan fingerprint density at radius 1 is 0.686 bits per heavy atom. The maximum absolute atomic E-state index is 13.5. The number of Topliss-reactive ketones (excluding diaryl/α,β-unsaturated/α-hetero) is 1. The van der Waals surface area contributed by atoms with E-state index in [9.17, 15) is 27.6 Å². The van der Waals surface area contributed by atoms with Crippen molar-refractivity contribution in [2.75, 3.05) is 14.2 Å². The Hall–Kier alpha value is -7.55. The van der Waals surface area contributed by atoms with Crippen molar-refractivity contribution in [1.82, 2.24) is 15.0 Å². The lowest BCUT2D eigenvalue weighted by atomic mass is 10.1. The van der Waals surface area contributed by atoms with E-state index in [1.165, 1.54) is 71.3 Å². The Balaban J connectivity index is 0.000000183. The Morgan fingerprint density at radius 2 is 1.19 bits per heavy atom. The van der Waals surface area contributed by atoms with Crippen LogP contribution in [0.15, 0.2) is 196 Å². The summed E-state index contributed by atoms with van der Waals surface area (Å²) in [7, 11) is 2.53. The van der Waals surface area contributed by atoms with Gasteiger partial charge in [0.15, 0.2) is 5.78 Å². The highest BCUT2D eigenvalue weighted by Crippen LogP contribution is 2.44. The van der Waals surface area contributed by atoms with Crippen molar-refractivity contribution in [1.29, 1.82) is 0 Å². The Morgan fingerprint density at radius 3 is 1.69 bits per heavy atom. The number of methoxy groups -OCH3 is 2. The topological polar surface area (TPSA) is 158 Å². The number of azide groups is 1. The largest absolute Gasteiger partial charge is 0.573 e. The van der Waals surface area contributed by atoms with Crippen LogP contribution in [-0.4, -0.2) is 59.1 Å². The van der Waals surface area contributed by atoms with Gasteiger partial charge in [0, 0.05) is 25.0 Å². The molecule has 0 saturated carbocycles. The molecular formula is C52H40Br2F3N6O6P. The number of ether oxygens (including phenoxy) is 3. The molecule has 0 aliphatic rings. The summed E-state index contributed by atoms with van der Waals surface area (Å²) in [4.78, 5) is 39.3. The summed E-state index contributed by atoms with van der Waals surface area (Å²) in [6.07, 6.45) is -3.34. The summed E-state index contributed by atoms with van der Waals surface area (Å²) in [6.45, 7) is -0.226. The van der Waals surface area contributed by atoms with Gasteiger partial charge < -0.3 is 14.2 Å². The van der Waals surface area contributed by atoms with Gasteiger partial charge in [-0.1, -0.05) is 163 Å². The lowest BCUT2D eigenvalue weighted by Crippen LogP contribution is -2.28. The number of aryl methyl sites for hydroxylation is 1. The summed E-state index contributed by atoms with van der Waals surface area (Å²) < 4.78 is 52.9. The molecule has 8 aromatic rings. The van der Waals surface area contributed by atoms with Gasteiger partial charge in [-0.05, 0) is 102 Å². The number of carbonyl (C=O) groups excluding carboxylic acids is 3. The second-order valence-electron chi connectivity index (χ2n) is 14.7. The summed E-state index contributed by atoms with van der Waals surface area (Å²) in [5.41, 5.74) is 12.3. The molecule has 8 rings (SSSR count). The minimum absolute atomic E-state index is 0.0647. The minimum Gasteiger partial charge on any atom is -0.465 e. The van der Waals surface area contributed by atoms with Gasteiger partial charge >= 0.3 is 18.3 Å². The van der Waals surface area contributed by atoms with E-state index >= 15 is 0 Å². The van der Waals surface area contributed by atoms with E-state index in [0.29, 0.717) is 21.4 Å². The number of hydrogen-bond acceptors (Lipinski definition) is 9. The third-order valence-electron chi connectivity index (χ3n) is 10.2. The van der Waals surface area contributed by atoms with Crippen LogP contribution in [0.4, 0.5) is 18.9 Å². The molecule has 0 unspecified atom stereocenters. The predicted molar refractivity (Wildman–Crippen MR) is 274 cm³/mol. The number of alkyl halides is 3. The first-order valence-electron chi connectivity index (χ1n) is 20.8. The molecule has 354 valence electrons. The number of esters is 2. The molecule has 0 N–H and O–H groups in total. The maximum Gasteiger partial charge on any atom is 0.573 e. The zero-order valence-electron chi connectivity index (χ0n) is 37.4. The third kappa shape index (κ3) is 13.2. The van der Waals surface area contributed by atoms with Crippen molar-refractivity contribution in [3.63, 3.8) is 0 Å². The molecule has 0 radical (unpaired) electrons. The van der Waals surface area contributed by atoms with E-state index in [1.54, 1.807) is 30.3 Å². The van der Waals surface area contributed by atoms with Gasteiger partial charge in [0.2, 0.25) is 0 Å². The summed E-state index contributed by atoms with van der Waals surface area (Å²) in [5, 5.41) is 14.8. The van der Waals surface area contributed by atoms with Crippen molar-refractivity contribution in [2.45, 2.75) is 13.3 Å². The molecule has 0 spiro atoms. The van der Waals surface area contributed by atoms with Gasteiger partial charge in [-0.3, -0.25) is 4.79 Å². The van der Waals surface area contributed by atoms with Crippen LogP contribution in [0.25, 0.3) is 27.4 Å². The quantitative estimate of drug-likeness (QED) is 0.0309. The van der Waals surface area contributed by atoms with Crippen LogP contribution in [0, 0.1) is 6.92 Å². The summed E-state index contributed by atoms with van der Waals surface area (Å²) in [5.74, 6) is 0.614. The van der Waals surface area contributed by atoms with Gasteiger partial charge in [0.25, 0.3) is 0 Å². The number of halogens is 5. The normalized spacial score (nSPS) is 10.7. The van der Waals surface area contributed by atoms with Crippen molar-refractivity contribution in [3.8, 4) is 22.7 Å². The lowest BCUT2D eigenvalue weighted by Gasteiger charge is -2.28. The molecule has 12 nitrogen and oxygen atoms in total. The zero-order chi connectivity index (χ0) is 50.3. The van der Waals surface area contributed by atoms with Gasteiger partial charge in [-0.25, -0.2) is 14.3 Å². The number of carbonyl (C=O) groups is 3. The Bertz CT molecular complexity index is 3090. The average molecular weight is 1090 g/mol. The highest BCUT2D eigenvalue weighted by Gasteiger charge is 2.31. The van der Waals surface area contributed by atoms with Crippen molar-refractivity contribution >= 4 is 83.9 Å². The second kappa shape index (κ2) is 24.1. The maximum atomic E-state index is 13.5. The molecule has 70 heavy (non-hydrogen) atoms. The monoisotopic (exact) mass is 1090 g/mol. The molecule has 0 amide bonds. The molecule has 7 aromatic carbocycles. The smallest absolute Gasteiger partial charge is 0.465 e. The molecule has 0 atom stereocenters. The van der Waals surface area contributed by atoms with Crippen LogP contribution in [0.1, 0.15) is 36.6 Å². The Kier molecular flexibility index (Phi) is 17.9. The number of aromatic nitrogens is 3.